The second-order valence-electron chi connectivity index (χ2n) is 4.01. The molecule has 14 heavy (non-hydrogen) atoms. The standard InChI is InChI=1S/C11H23NOS/c1-5-6-7-8-12(9(2)3)11(13)10(4)14/h9-10,14H,5-8H2,1-4H3. The number of nitrogens with zero attached hydrogens (tertiary/aromatic N) is 1. The molecule has 0 aliphatic carbocycles. The van der Waals surface area contributed by atoms with Crippen LogP contribution < -0.4 is 0 Å². The second kappa shape index (κ2) is 7.16. The average molecular weight is 217 g/mol. The van der Waals surface area contributed by atoms with Crippen LogP contribution in [0.15, 0.2) is 0 Å². The van der Waals surface area contributed by atoms with Crippen molar-refractivity contribution in [2.75, 3.05) is 6.54 Å². The molecule has 0 rings (SSSR count). The van der Waals surface area contributed by atoms with E-state index in [-0.39, 0.29) is 17.2 Å². The lowest BCUT2D eigenvalue weighted by molar-refractivity contribution is -0.132. The molecule has 0 saturated carbocycles. The molecule has 2 nitrogen and oxygen atoms in total. The van der Waals surface area contributed by atoms with Crippen molar-refractivity contribution in [3.63, 3.8) is 0 Å². The fourth-order valence-corrected chi connectivity index (χ4v) is 1.54. The highest BCUT2D eigenvalue weighted by molar-refractivity contribution is 7.81. The summed E-state index contributed by atoms with van der Waals surface area (Å²) in [6, 6.07) is 0.286. The van der Waals surface area contributed by atoms with Crippen LogP contribution in [0.2, 0.25) is 0 Å². The molecule has 0 saturated heterocycles. The summed E-state index contributed by atoms with van der Waals surface area (Å²) in [6.07, 6.45) is 3.48. The molecule has 0 heterocycles. The van der Waals surface area contributed by atoms with Crippen molar-refractivity contribution in [1.29, 1.82) is 0 Å². The Bertz CT molecular complexity index is 169. The van der Waals surface area contributed by atoms with Gasteiger partial charge in [-0.05, 0) is 27.2 Å². The molecular weight excluding hydrogens is 194 g/mol. The van der Waals surface area contributed by atoms with E-state index in [1.165, 1.54) is 12.8 Å². The Hall–Kier alpha value is -0.180. The van der Waals surface area contributed by atoms with Gasteiger partial charge in [0.1, 0.15) is 0 Å². The first-order valence-corrected chi connectivity index (χ1v) is 6.00. The number of thiol groups is 1. The maximum absolute atomic E-state index is 11.7. The summed E-state index contributed by atoms with van der Waals surface area (Å²) < 4.78 is 0. The van der Waals surface area contributed by atoms with Gasteiger partial charge in [-0.2, -0.15) is 12.6 Å². The molecule has 1 unspecified atom stereocenters. The largest absolute Gasteiger partial charge is 0.339 e. The molecule has 0 radical (unpaired) electrons. The van der Waals surface area contributed by atoms with Crippen molar-refractivity contribution in [3.8, 4) is 0 Å². The van der Waals surface area contributed by atoms with Crippen LogP contribution in [0.4, 0.5) is 0 Å². The van der Waals surface area contributed by atoms with Crippen LogP contribution in [0, 0.1) is 0 Å². The predicted molar refractivity (Wildman–Crippen MR) is 64.8 cm³/mol. The first kappa shape index (κ1) is 13.8. The number of hydrogen-bond donors (Lipinski definition) is 1. The van der Waals surface area contributed by atoms with Crippen LogP contribution in [0.3, 0.4) is 0 Å². The quantitative estimate of drug-likeness (QED) is 0.536. The highest BCUT2D eigenvalue weighted by atomic mass is 32.1. The Labute approximate surface area is 93.5 Å². The van der Waals surface area contributed by atoms with Crippen LogP contribution in [0.25, 0.3) is 0 Å². The zero-order chi connectivity index (χ0) is 11.1. The fraction of sp³-hybridized carbons (Fsp3) is 0.909. The van der Waals surface area contributed by atoms with Gasteiger partial charge < -0.3 is 4.90 Å². The van der Waals surface area contributed by atoms with E-state index in [9.17, 15) is 4.79 Å². The summed E-state index contributed by atoms with van der Waals surface area (Å²) in [7, 11) is 0. The van der Waals surface area contributed by atoms with Gasteiger partial charge in [-0.25, -0.2) is 0 Å². The SMILES string of the molecule is CCCCCN(C(=O)C(C)S)C(C)C. The van der Waals surface area contributed by atoms with Crippen molar-refractivity contribution in [1.82, 2.24) is 4.90 Å². The number of unbranched alkanes of at least 4 members (excludes halogenated alkanes) is 2. The van der Waals surface area contributed by atoms with Crippen LogP contribution in [-0.2, 0) is 4.79 Å². The first-order chi connectivity index (χ1) is 6.50. The Morgan fingerprint density at radius 1 is 1.29 bits per heavy atom. The van der Waals surface area contributed by atoms with Crippen LogP contribution in [0.1, 0.15) is 47.0 Å². The number of carbonyl (C=O) groups is 1. The van der Waals surface area contributed by atoms with E-state index >= 15 is 0 Å². The fourth-order valence-electron chi connectivity index (χ4n) is 1.40. The Morgan fingerprint density at radius 2 is 1.86 bits per heavy atom. The molecule has 0 spiro atoms. The van der Waals surface area contributed by atoms with Crippen molar-refractivity contribution < 1.29 is 4.79 Å². The number of rotatable bonds is 6. The van der Waals surface area contributed by atoms with Gasteiger partial charge in [0.05, 0.1) is 5.25 Å². The minimum Gasteiger partial charge on any atom is -0.339 e. The molecule has 1 atom stereocenters. The predicted octanol–water partition coefficient (Wildman–Crippen LogP) is 2.73. The molecule has 0 N–H and O–H groups in total. The molecule has 0 aromatic rings. The third-order valence-electron chi connectivity index (χ3n) is 2.27. The average Bonchev–Trinajstić information content (AvgIpc) is 2.10. The highest BCUT2D eigenvalue weighted by Crippen LogP contribution is 2.08. The minimum atomic E-state index is -0.181. The summed E-state index contributed by atoms with van der Waals surface area (Å²) in [4.78, 5) is 13.7. The summed E-state index contributed by atoms with van der Waals surface area (Å²) in [6.45, 7) is 8.98. The molecule has 0 aliphatic rings. The van der Waals surface area contributed by atoms with E-state index < -0.39 is 0 Å². The number of amides is 1. The number of carbonyl (C=O) groups excluding carboxylic acids is 1. The summed E-state index contributed by atoms with van der Waals surface area (Å²) in [5.41, 5.74) is 0. The molecule has 84 valence electrons. The monoisotopic (exact) mass is 217 g/mol. The van der Waals surface area contributed by atoms with Gasteiger partial charge in [0, 0.05) is 12.6 Å². The van der Waals surface area contributed by atoms with Gasteiger partial charge in [-0.1, -0.05) is 19.8 Å². The van der Waals surface area contributed by atoms with Crippen LogP contribution in [0.5, 0.6) is 0 Å². The Kier molecular flexibility index (Phi) is 7.06. The van der Waals surface area contributed by atoms with Gasteiger partial charge in [0.2, 0.25) is 5.91 Å². The maximum atomic E-state index is 11.7. The van der Waals surface area contributed by atoms with E-state index in [1.54, 1.807) is 0 Å². The van der Waals surface area contributed by atoms with E-state index in [0.29, 0.717) is 0 Å². The van der Waals surface area contributed by atoms with Gasteiger partial charge >= 0.3 is 0 Å². The third-order valence-corrected chi connectivity index (χ3v) is 2.49. The van der Waals surface area contributed by atoms with Gasteiger partial charge in [0.15, 0.2) is 0 Å². The normalized spacial score (nSPS) is 13.0. The molecule has 0 aliphatic heterocycles. The van der Waals surface area contributed by atoms with Crippen LogP contribution in [-0.4, -0.2) is 28.6 Å². The van der Waals surface area contributed by atoms with E-state index in [1.807, 2.05) is 11.8 Å². The maximum Gasteiger partial charge on any atom is 0.235 e. The molecular formula is C11H23NOS. The highest BCUT2D eigenvalue weighted by Gasteiger charge is 2.19. The summed E-state index contributed by atoms with van der Waals surface area (Å²) >= 11 is 4.18. The zero-order valence-corrected chi connectivity index (χ0v) is 10.7. The van der Waals surface area contributed by atoms with Gasteiger partial charge in [-0.15, -0.1) is 0 Å². The molecule has 0 fully saturated rings. The van der Waals surface area contributed by atoms with Gasteiger partial charge in [0.25, 0.3) is 0 Å². The Morgan fingerprint density at radius 3 is 2.21 bits per heavy atom. The number of hydrogen-bond acceptors (Lipinski definition) is 2. The zero-order valence-electron chi connectivity index (χ0n) is 9.79. The van der Waals surface area contributed by atoms with Crippen molar-refractivity contribution in [3.05, 3.63) is 0 Å². The van der Waals surface area contributed by atoms with E-state index in [0.717, 1.165) is 13.0 Å². The molecule has 0 aromatic carbocycles. The lowest BCUT2D eigenvalue weighted by Crippen LogP contribution is -2.41. The topological polar surface area (TPSA) is 20.3 Å². The van der Waals surface area contributed by atoms with Gasteiger partial charge in [-0.3, -0.25) is 4.79 Å². The Balaban J connectivity index is 4.09. The van der Waals surface area contributed by atoms with Crippen molar-refractivity contribution in [2.24, 2.45) is 0 Å². The molecule has 0 bridgehead atoms. The lowest BCUT2D eigenvalue weighted by Gasteiger charge is -2.28. The first-order valence-electron chi connectivity index (χ1n) is 5.49. The molecule has 3 heteroatoms. The lowest BCUT2D eigenvalue weighted by atomic mass is 10.2. The van der Waals surface area contributed by atoms with E-state index in [2.05, 4.69) is 33.4 Å². The van der Waals surface area contributed by atoms with Crippen LogP contribution >= 0.6 is 12.6 Å². The van der Waals surface area contributed by atoms with Crippen molar-refractivity contribution >= 4 is 18.5 Å². The molecule has 0 aromatic heterocycles. The minimum absolute atomic E-state index is 0.152. The van der Waals surface area contributed by atoms with Crippen molar-refractivity contribution in [2.45, 2.75) is 58.2 Å². The summed E-state index contributed by atoms with van der Waals surface area (Å²) in [5, 5.41) is -0.181. The third kappa shape index (κ3) is 4.89. The smallest absolute Gasteiger partial charge is 0.235 e. The second-order valence-corrected chi connectivity index (χ2v) is 4.78. The summed E-state index contributed by atoms with van der Waals surface area (Å²) in [5.74, 6) is 0.152. The van der Waals surface area contributed by atoms with E-state index in [4.69, 9.17) is 0 Å². The molecule has 1 amide bonds.